The van der Waals surface area contributed by atoms with Crippen LogP contribution in [-0.4, -0.2) is 70.0 Å². The number of nitrogens with two attached hydrogens (primary N) is 1. The predicted octanol–water partition coefficient (Wildman–Crippen LogP) is 1.18. The second-order valence-corrected chi connectivity index (χ2v) is 6.87. The molecule has 9 heteroatoms. The van der Waals surface area contributed by atoms with E-state index >= 15 is 0 Å². The van der Waals surface area contributed by atoms with Crippen LogP contribution < -0.4 is 11.1 Å². The Balaban J connectivity index is 1.46. The molecule has 1 aliphatic heterocycles. The van der Waals surface area contributed by atoms with Gasteiger partial charge in [-0.1, -0.05) is 0 Å². The first-order valence-electron chi connectivity index (χ1n) is 9.00. The van der Waals surface area contributed by atoms with Gasteiger partial charge in [0.25, 0.3) is 11.8 Å². The summed E-state index contributed by atoms with van der Waals surface area (Å²) >= 11 is 0. The fraction of sp³-hybridized carbons (Fsp3) is 0.263. The van der Waals surface area contributed by atoms with Crippen LogP contribution in [0.2, 0.25) is 0 Å². The van der Waals surface area contributed by atoms with Crippen molar-refractivity contribution in [3.8, 4) is 0 Å². The van der Waals surface area contributed by atoms with Gasteiger partial charge in [0.15, 0.2) is 5.65 Å². The number of likely N-dealkylation sites (N-methyl/N-ethyl adjacent to an activating group) is 1. The number of aromatic amines is 1. The molecule has 1 fully saturated rings. The number of hydrogen-bond acceptors (Lipinski definition) is 6. The molecule has 0 radical (unpaired) electrons. The lowest BCUT2D eigenvalue weighted by Gasteiger charge is -2.32. The molecule has 2 amide bonds. The number of rotatable bonds is 3. The van der Waals surface area contributed by atoms with Crippen molar-refractivity contribution in [1.29, 1.82) is 0 Å². The number of hydrogen-bond donors (Lipinski definition) is 3. The van der Waals surface area contributed by atoms with Crippen LogP contribution in [0.25, 0.3) is 11.0 Å². The Bertz CT molecular complexity index is 1020. The molecule has 3 aromatic rings. The summed E-state index contributed by atoms with van der Waals surface area (Å²) in [5.74, 6) is -0.347. The molecule has 0 atom stereocenters. The Morgan fingerprint density at radius 3 is 2.57 bits per heavy atom. The lowest BCUT2D eigenvalue weighted by molar-refractivity contribution is 0.0664. The van der Waals surface area contributed by atoms with Crippen LogP contribution >= 0.6 is 0 Å². The molecule has 4 N–H and O–H groups in total. The maximum absolute atomic E-state index is 12.6. The number of pyridine rings is 1. The minimum Gasteiger partial charge on any atom is -0.397 e. The number of anilines is 2. The van der Waals surface area contributed by atoms with Gasteiger partial charge in [-0.15, -0.1) is 0 Å². The fourth-order valence-electron chi connectivity index (χ4n) is 3.17. The average molecular weight is 379 g/mol. The minimum atomic E-state index is -0.354. The first kappa shape index (κ1) is 17.9. The average Bonchev–Trinajstić information content (AvgIpc) is 3.12. The van der Waals surface area contributed by atoms with E-state index in [0.717, 1.165) is 26.2 Å². The molecule has 2 aromatic heterocycles. The van der Waals surface area contributed by atoms with Gasteiger partial charge in [0.1, 0.15) is 5.69 Å². The highest BCUT2D eigenvalue weighted by molar-refractivity contribution is 6.11. The highest BCUT2D eigenvalue weighted by atomic mass is 16.2. The van der Waals surface area contributed by atoms with E-state index in [1.807, 2.05) is 11.9 Å². The maximum Gasteiger partial charge on any atom is 0.274 e. The van der Waals surface area contributed by atoms with Crippen molar-refractivity contribution in [2.45, 2.75) is 0 Å². The second-order valence-electron chi connectivity index (χ2n) is 6.87. The molecule has 0 saturated carbocycles. The molecule has 0 aliphatic carbocycles. The molecular formula is C19H21N7O2. The largest absolute Gasteiger partial charge is 0.397 e. The highest BCUT2D eigenvalue weighted by Gasteiger charge is 2.20. The molecule has 1 saturated heterocycles. The molecule has 144 valence electrons. The summed E-state index contributed by atoms with van der Waals surface area (Å²) in [7, 11) is 2.05. The third-order valence-electron chi connectivity index (χ3n) is 4.84. The van der Waals surface area contributed by atoms with E-state index in [9.17, 15) is 9.59 Å². The standard InChI is InChI=1S/C19H21N7O2/c1-25-6-8-26(9-7-25)19(28)12-2-4-14(5-3-12)22-18(27)16-15-10-13(20)11-21-17(15)24-23-16/h2-5,10-11H,6-9,20H2,1H3,(H,22,27)(H,21,23,24). The number of piperazine rings is 1. The lowest BCUT2D eigenvalue weighted by atomic mass is 10.1. The Kier molecular flexibility index (Phi) is 4.66. The van der Waals surface area contributed by atoms with Gasteiger partial charge in [0.2, 0.25) is 0 Å². The van der Waals surface area contributed by atoms with Crippen molar-refractivity contribution in [2.75, 3.05) is 44.3 Å². The van der Waals surface area contributed by atoms with Crippen LogP contribution in [0, 0.1) is 0 Å². The second kappa shape index (κ2) is 7.28. The molecule has 0 spiro atoms. The Hall–Kier alpha value is -3.46. The number of H-pyrrole nitrogens is 1. The van der Waals surface area contributed by atoms with Crippen LogP contribution in [0.1, 0.15) is 20.8 Å². The van der Waals surface area contributed by atoms with Crippen LogP contribution in [0.15, 0.2) is 36.5 Å². The van der Waals surface area contributed by atoms with Gasteiger partial charge in [-0.05, 0) is 37.4 Å². The molecule has 1 aliphatic rings. The molecule has 9 nitrogen and oxygen atoms in total. The van der Waals surface area contributed by atoms with E-state index < -0.39 is 0 Å². The zero-order chi connectivity index (χ0) is 19.7. The fourth-order valence-corrected chi connectivity index (χ4v) is 3.17. The van der Waals surface area contributed by atoms with Gasteiger partial charge in [0, 0.05) is 37.4 Å². The van der Waals surface area contributed by atoms with E-state index in [2.05, 4.69) is 25.4 Å². The molecule has 4 rings (SSSR count). The van der Waals surface area contributed by atoms with Crippen molar-refractivity contribution in [3.63, 3.8) is 0 Å². The predicted molar refractivity (Wildman–Crippen MR) is 106 cm³/mol. The first-order chi connectivity index (χ1) is 13.5. The third kappa shape index (κ3) is 3.52. The van der Waals surface area contributed by atoms with E-state index in [1.165, 1.54) is 6.20 Å². The van der Waals surface area contributed by atoms with E-state index in [-0.39, 0.29) is 17.5 Å². The number of amides is 2. The van der Waals surface area contributed by atoms with Crippen molar-refractivity contribution in [1.82, 2.24) is 25.0 Å². The van der Waals surface area contributed by atoms with Crippen LogP contribution in [0.5, 0.6) is 0 Å². The number of aromatic nitrogens is 3. The van der Waals surface area contributed by atoms with Crippen LogP contribution in [-0.2, 0) is 0 Å². The van der Waals surface area contributed by atoms with Crippen LogP contribution in [0.4, 0.5) is 11.4 Å². The smallest absolute Gasteiger partial charge is 0.274 e. The molecule has 0 unspecified atom stereocenters. The van der Waals surface area contributed by atoms with Gasteiger partial charge >= 0.3 is 0 Å². The highest BCUT2D eigenvalue weighted by Crippen LogP contribution is 2.19. The Morgan fingerprint density at radius 2 is 1.86 bits per heavy atom. The Morgan fingerprint density at radius 1 is 1.14 bits per heavy atom. The summed E-state index contributed by atoms with van der Waals surface area (Å²) < 4.78 is 0. The van der Waals surface area contributed by atoms with Crippen molar-refractivity contribution in [3.05, 3.63) is 47.8 Å². The summed E-state index contributed by atoms with van der Waals surface area (Å²) in [4.78, 5) is 33.3. The number of nitrogens with zero attached hydrogens (tertiary/aromatic N) is 4. The minimum absolute atomic E-state index is 0.00656. The molecule has 0 bridgehead atoms. The van der Waals surface area contributed by atoms with E-state index in [0.29, 0.717) is 28.0 Å². The Labute approximate surface area is 161 Å². The van der Waals surface area contributed by atoms with Crippen LogP contribution in [0.3, 0.4) is 0 Å². The van der Waals surface area contributed by atoms with Gasteiger partial charge in [-0.3, -0.25) is 14.7 Å². The molecular weight excluding hydrogens is 358 g/mol. The van der Waals surface area contributed by atoms with Crippen molar-refractivity contribution < 1.29 is 9.59 Å². The lowest BCUT2D eigenvalue weighted by Crippen LogP contribution is -2.47. The number of benzene rings is 1. The SMILES string of the molecule is CN1CCN(C(=O)c2ccc(NC(=O)c3[nH]nc4ncc(N)cc34)cc2)CC1. The number of fused-ring (bicyclic) bond motifs is 1. The van der Waals surface area contributed by atoms with Gasteiger partial charge in [0.05, 0.1) is 17.3 Å². The maximum atomic E-state index is 12.6. The number of nitrogens with one attached hydrogen (secondary N) is 2. The number of nitrogen functional groups attached to an aromatic ring is 1. The third-order valence-corrected chi connectivity index (χ3v) is 4.84. The number of carbonyl (C=O) groups is 2. The van der Waals surface area contributed by atoms with Gasteiger partial charge in [-0.2, -0.15) is 5.10 Å². The van der Waals surface area contributed by atoms with Gasteiger partial charge < -0.3 is 20.9 Å². The summed E-state index contributed by atoms with van der Waals surface area (Å²) in [6.07, 6.45) is 1.49. The summed E-state index contributed by atoms with van der Waals surface area (Å²) in [5, 5.41) is 10.1. The normalized spacial score (nSPS) is 15.0. The quantitative estimate of drug-likeness (QED) is 0.628. The number of carbonyl (C=O) groups excluding carboxylic acids is 2. The summed E-state index contributed by atoms with van der Waals surface area (Å²) in [6.45, 7) is 3.19. The zero-order valence-electron chi connectivity index (χ0n) is 15.5. The summed E-state index contributed by atoms with van der Waals surface area (Å²) in [6, 6.07) is 8.53. The summed E-state index contributed by atoms with van der Waals surface area (Å²) in [5.41, 5.74) is 8.09. The van der Waals surface area contributed by atoms with E-state index in [1.54, 1.807) is 30.3 Å². The molecule has 1 aromatic carbocycles. The monoisotopic (exact) mass is 379 g/mol. The van der Waals surface area contributed by atoms with Crippen molar-refractivity contribution >= 4 is 34.2 Å². The van der Waals surface area contributed by atoms with Gasteiger partial charge in [-0.25, -0.2) is 4.98 Å². The molecule has 3 heterocycles. The molecule has 28 heavy (non-hydrogen) atoms. The van der Waals surface area contributed by atoms with E-state index in [4.69, 9.17) is 5.73 Å². The zero-order valence-corrected chi connectivity index (χ0v) is 15.5. The van der Waals surface area contributed by atoms with Crippen molar-refractivity contribution in [2.24, 2.45) is 0 Å². The topological polar surface area (TPSA) is 120 Å². The first-order valence-corrected chi connectivity index (χ1v) is 9.00.